The predicted molar refractivity (Wildman–Crippen MR) is 107 cm³/mol. The number of amides is 1. The van der Waals surface area contributed by atoms with Crippen molar-refractivity contribution >= 4 is 46.4 Å². The highest BCUT2D eigenvalue weighted by atomic mass is 35.5. The molecular formula is C19H18Cl3N3O. The van der Waals surface area contributed by atoms with Crippen molar-refractivity contribution < 1.29 is 4.79 Å². The molecule has 0 aliphatic carbocycles. The van der Waals surface area contributed by atoms with Crippen molar-refractivity contribution in [2.75, 3.05) is 6.54 Å². The van der Waals surface area contributed by atoms with E-state index in [4.69, 9.17) is 34.8 Å². The van der Waals surface area contributed by atoms with Crippen molar-refractivity contribution in [3.63, 3.8) is 0 Å². The van der Waals surface area contributed by atoms with E-state index in [1.54, 1.807) is 28.8 Å². The standard InChI is InChI=1S/C19H18Cl3N3O/c1-2-3-8-23-17(26)10-16-18(12-4-6-13(20)7-5-12)24-19-15(22)9-14(21)11-25(16)19/h4-7,9,11H,2-3,8,10H2,1H3,(H,23,26). The van der Waals surface area contributed by atoms with Gasteiger partial charge in [0.2, 0.25) is 5.91 Å². The lowest BCUT2D eigenvalue weighted by Gasteiger charge is -2.08. The fourth-order valence-electron chi connectivity index (χ4n) is 2.75. The van der Waals surface area contributed by atoms with Crippen LogP contribution in [0.2, 0.25) is 15.1 Å². The van der Waals surface area contributed by atoms with Crippen LogP contribution < -0.4 is 5.32 Å². The number of nitrogens with one attached hydrogen (secondary N) is 1. The second kappa shape index (κ2) is 8.30. The van der Waals surface area contributed by atoms with Gasteiger partial charge in [-0.15, -0.1) is 0 Å². The fourth-order valence-corrected chi connectivity index (χ4v) is 3.39. The summed E-state index contributed by atoms with van der Waals surface area (Å²) < 4.78 is 1.79. The Morgan fingerprint density at radius 3 is 2.58 bits per heavy atom. The summed E-state index contributed by atoms with van der Waals surface area (Å²) in [5.41, 5.74) is 2.86. The van der Waals surface area contributed by atoms with E-state index in [1.165, 1.54) is 0 Å². The Balaban J connectivity index is 2.06. The lowest BCUT2D eigenvalue weighted by Crippen LogP contribution is -2.26. The molecule has 7 heteroatoms. The molecule has 0 bridgehead atoms. The van der Waals surface area contributed by atoms with Gasteiger partial charge in [-0.2, -0.15) is 0 Å². The summed E-state index contributed by atoms with van der Waals surface area (Å²) in [7, 11) is 0. The maximum absolute atomic E-state index is 12.4. The number of hydrogen-bond donors (Lipinski definition) is 1. The zero-order valence-corrected chi connectivity index (χ0v) is 16.5. The number of benzene rings is 1. The normalized spacial score (nSPS) is 11.1. The van der Waals surface area contributed by atoms with Crippen molar-refractivity contribution in [1.82, 2.24) is 14.7 Å². The van der Waals surface area contributed by atoms with E-state index in [1.807, 2.05) is 12.1 Å². The van der Waals surface area contributed by atoms with Crippen LogP contribution in [0.4, 0.5) is 0 Å². The SMILES string of the molecule is CCCCNC(=O)Cc1c(-c2ccc(Cl)cc2)nc2c(Cl)cc(Cl)cn12. The molecule has 1 N–H and O–H groups in total. The zero-order chi connectivity index (χ0) is 18.7. The molecule has 0 spiro atoms. The molecule has 0 radical (unpaired) electrons. The van der Waals surface area contributed by atoms with Gasteiger partial charge in [-0.25, -0.2) is 4.98 Å². The number of aromatic nitrogens is 2. The molecule has 2 heterocycles. The Bertz CT molecular complexity index is 935. The van der Waals surface area contributed by atoms with Crippen LogP contribution >= 0.6 is 34.8 Å². The van der Waals surface area contributed by atoms with Gasteiger partial charge in [-0.1, -0.05) is 60.3 Å². The molecule has 0 saturated carbocycles. The minimum atomic E-state index is -0.0634. The van der Waals surface area contributed by atoms with Gasteiger partial charge in [-0.3, -0.25) is 4.79 Å². The van der Waals surface area contributed by atoms with Gasteiger partial charge in [0, 0.05) is 23.3 Å². The third kappa shape index (κ3) is 4.14. The summed E-state index contributed by atoms with van der Waals surface area (Å²) in [5, 5.41) is 4.49. The molecule has 0 atom stereocenters. The van der Waals surface area contributed by atoms with Gasteiger partial charge in [0.25, 0.3) is 0 Å². The van der Waals surface area contributed by atoms with Crippen molar-refractivity contribution in [3.05, 3.63) is 57.3 Å². The monoisotopic (exact) mass is 409 g/mol. The van der Waals surface area contributed by atoms with Crippen LogP contribution in [0, 0.1) is 0 Å². The molecule has 2 aromatic heterocycles. The lowest BCUT2D eigenvalue weighted by atomic mass is 10.1. The van der Waals surface area contributed by atoms with Gasteiger partial charge in [0.05, 0.1) is 27.9 Å². The summed E-state index contributed by atoms with van der Waals surface area (Å²) >= 11 is 18.5. The Morgan fingerprint density at radius 1 is 1.15 bits per heavy atom. The van der Waals surface area contributed by atoms with Crippen LogP contribution in [0.1, 0.15) is 25.5 Å². The Morgan fingerprint density at radius 2 is 1.88 bits per heavy atom. The number of rotatable bonds is 6. The summed E-state index contributed by atoms with van der Waals surface area (Å²) in [4.78, 5) is 17.0. The third-order valence-electron chi connectivity index (χ3n) is 4.04. The molecule has 0 unspecified atom stereocenters. The first-order valence-corrected chi connectivity index (χ1v) is 9.51. The van der Waals surface area contributed by atoms with Crippen LogP contribution in [0.5, 0.6) is 0 Å². The Kier molecular flexibility index (Phi) is 6.07. The average molecular weight is 411 g/mol. The number of halogens is 3. The maximum Gasteiger partial charge on any atom is 0.226 e. The quantitative estimate of drug-likeness (QED) is 0.551. The van der Waals surface area contributed by atoms with Crippen LogP contribution in [0.25, 0.3) is 16.9 Å². The summed E-state index contributed by atoms with van der Waals surface area (Å²) in [6, 6.07) is 8.97. The number of carbonyl (C=O) groups is 1. The Hall–Kier alpha value is -1.75. The highest BCUT2D eigenvalue weighted by Crippen LogP contribution is 2.30. The van der Waals surface area contributed by atoms with Crippen LogP contribution in [0.15, 0.2) is 36.5 Å². The topological polar surface area (TPSA) is 46.4 Å². The van der Waals surface area contributed by atoms with Gasteiger partial charge >= 0.3 is 0 Å². The summed E-state index contributed by atoms with van der Waals surface area (Å²) in [6.45, 7) is 2.74. The highest BCUT2D eigenvalue weighted by Gasteiger charge is 2.19. The van der Waals surface area contributed by atoms with E-state index >= 15 is 0 Å². The number of pyridine rings is 1. The molecule has 4 nitrogen and oxygen atoms in total. The largest absolute Gasteiger partial charge is 0.356 e. The summed E-state index contributed by atoms with van der Waals surface area (Å²) in [6.07, 6.45) is 3.88. The highest BCUT2D eigenvalue weighted by molar-refractivity contribution is 6.36. The van der Waals surface area contributed by atoms with Crippen molar-refractivity contribution in [1.29, 1.82) is 0 Å². The van der Waals surface area contributed by atoms with Crippen molar-refractivity contribution in [2.45, 2.75) is 26.2 Å². The molecule has 136 valence electrons. The van der Waals surface area contributed by atoms with Gasteiger partial charge in [-0.05, 0) is 24.6 Å². The van der Waals surface area contributed by atoms with Gasteiger partial charge < -0.3 is 9.72 Å². The molecule has 26 heavy (non-hydrogen) atoms. The van der Waals surface area contributed by atoms with Crippen LogP contribution in [-0.2, 0) is 11.2 Å². The van der Waals surface area contributed by atoms with E-state index in [2.05, 4.69) is 17.2 Å². The molecule has 0 fully saturated rings. The molecule has 0 saturated heterocycles. The predicted octanol–water partition coefficient (Wildman–Crippen LogP) is 5.42. The smallest absolute Gasteiger partial charge is 0.226 e. The van der Waals surface area contributed by atoms with E-state index in [0.29, 0.717) is 33.0 Å². The molecule has 0 aliphatic heterocycles. The molecule has 3 aromatic rings. The number of nitrogens with zero attached hydrogens (tertiary/aromatic N) is 2. The minimum Gasteiger partial charge on any atom is -0.356 e. The van der Waals surface area contributed by atoms with Crippen LogP contribution in [0.3, 0.4) is 0 Å². The van der Waals surface area contributed by atoms with E-state index in [0.717, 1.165) is 24.1 Å². The minimum absolute atomic E-state index is 0.0634. The Labute approximate surface area is 167 Å². The average Bonchev–Trinajstić information content (AvgIpc) is 2.95. The van der Waals surface area contributed by atoms with Gasteiger partial charge in [0.15, 0.2) is 5.65 Å². The second-order valence-corrected chi connectivity index (χ2v) is 7.27. The zero-order valence-electron chi connectivity index (χ0n) is 14.2. The van der Waals surface area contributed by atoms with Crippen molar-refractivity contribution in [3.8, 4) is 11.3 Å². The van der Waals surface area contributed by atoms with E-state index in [-0.39, 0.29) is 12.3 Å². The fraction of sp³-hybridized carbons (Fsp3) is 0.263. The number of unbranched alkanes of at least 4 members (excludes halogenated alkanes) is 1. The first-order valence-electron chi connectivity index (χ1n) is 8.38. The first kappa shape index (κ1) is 19.0. The third-order valence-corrected chi connectivity index (χ3v) is 4.78. The molecule has 1 aromatic carbocycles. The second-order valence-electron chi connectivity index (χ2n) is 5.99. The van der Waals surface area contributed by atoms with Crippen LogP contribution in [-0.4, -0.2) is 21.8 Å². The number of hydrogen-bond acceptors (Lipinski definition) is 2. The van der Waals surface area contributed by atoms with Gasteiger partial charge in [0.1, 0.15) is 0 Å². The number of carbonyl (C=O) groups excluding carboxylic acids is 1. The number of fused-ring (bicyclic) bond motifs is 1. The first-order chi connectivity index (χ1) is 12.5. The molecule has 1 amide bonds. The molecular weight excluding hydrogens is 393 g/mol. The lowest BCUT2D eigenvalue weighted by molar-refractivity contribution is -0.120. The molecule has 3 rings (SSSR count). The maximum atomic E-state index is 12.4. The number of imidazole rings is 1. The van der Waals surface area contributed by atoms with E-state index in [9.17, 15) is 4.79 Å². The molecule has 0 aliphatic rings. The van der Waals surface area contributed by atoms with E-state index < -0.39 is 0 Å². The van der Waals surface area contributed by atoms with Crippen molar-refractivity contribution in [2.24, 2.45) is 0 Å². The summed E-state index contributed by atoms with van der Waals surface area (Å²) in [5.74, 6) is -0.0634.